The number of primary sulfonamides is 1. The third kappa shape index (κ3) is 4.53. The zero-order chi connectivity index (χ0) is 25.3. The van der Waals surface area contributed by atoms with Crippen molar-refractivity contribution in [2.75, 3.05) is 11.5 Å². The van der Waals surface area contributed by atoms with Crippen molar-refractivity contribution in [1.82, 2.24) is 4.98 Å². The Bertz CT molecular complexity index is 1430. The van der Waals surface area contributed by atoms with Crippen molar-refractivity contribution >= 4 is 33.2 Å². The molecule has 1 saturated heterocycles. The first-order valence-electron chi connectivity index (χ1n) is 10.7. The summed E-state index contributed by atoms with van der Waals surface area (Å²) in [7, 11) is -3.95. The summed E-state index contributed by atoms with van der Waals surface area (Å²) in [5, 5.41) is 16.4. The number of nitrogens with two attached hydrogens (primary N) is 1. The maximum Gasteiger partial charge on any atom is 0.300 e. The fourth-order valence-electron chi connectivity index (χ4n) is 3.98. The van der Waals surface area contributed by atoms with Crippen LogP contribution in [0.3, 0.4) is 0 Å². The summed E-state index contributed by atoms with van der Waals surface area (Å²) in [6.45, 7) is 4.14. The highest BCUT2D eigenvalue weighted by Crippen LogP contribution is 2.41. The minimum atomic E-state index is -3.95. The number of aryl methyl sites for hydroxylation is 1. The van der Waals surface area contributed by atoms with E-state index < -0.39 is 27.8 Å². The van der Waals surface area contributed by atoms with Gasteiger partial charge in [0.15, 0.2) is 0 Å². The average molecular weight is 494 g/mol. The van der Waals surface area contributed by atoms with Gasteiger partial charge in [-0.2, -0.15) is 0 Å². The second-order valence-corrected chi connectivity index (χ2v) is 9.44. The monoisotopic (exact) mass is 493 g/mol. The van der Waals surface area contributed by atoms with Gasteiger partial charge in [-0.15, -0.1) is 0 Å². The van der Waals surface area contributed by atoms with Crippen LogP contribution in [0.15, 0.2) is 77.3 Å². The van der Waals surface area contributed by atoms with Crippen molar-refractivity contribution in [2.24, 2.45) is 5.14 Å². The largest absolute Gasteiger partial charge is 0.507 e. The first-order chi connectivity index (χ1) is 16.6. The summed E-state index contributed by atoms with van der Waals surface area (Å²) in [5.41, 5.74) is 1.56. The quantitative estimate of drug-likeness (QED) is 0.305. The number of aliphatic hydroxyl groups excluding tert-OH is 1. The highest BCUT2D eigenvalue weighted by atomic mass is 32.2. The van der Waals surface area contributed by atoms with E-state index in [1.54, 1.807) is 36.4 Å². The number of nitrogens with zero attached hydrogens (tertiary/aromatic N) is 2. The van der Waals surface area contributed by atoms with Crippen LogP contribution in [-0.4, -0.2) is 36.8 Å². The normalized spacial score (nSPS) is 17.6. The lowest BCUT2D eigenvalue weighted by molar-refractivity contribution is -0.132. The molecule has 0 radical (unpaired) electrons. The SMILES string of the molecule is CCOc1ccc(/C(O)=C2\C(=O)C(=O)N(c3ccc(S(N)(=O)=O)cc3)C2c2ccccn2)cc1C. The maximum atomic E-state index is 13.2. The van der Waals surface area contributed by atoms with E-state index in [0.717, 1.165) is 5.56 Å². The number of anilines is 1. The fourth-order valence-corrected chi connectivity index (χ4v) is 4.50. The molecule has 35 heavy (non-hydrogen) atoms. The number of hydrogen-bond donors (Lipinski definition) is 2. The molecule has 9 nitrogen and oxygen atoms in total. The molecule has 1 aliphatic heterocycles. The molecule has 10 heteroatoms. The number of carbonyl (C=O) groups is 2. The molecule has 3 aromatic rings. The van der Waals surface area contributed by atoms with Crippen molar-refractivity contribution in [1.29, 1.82) is 0 Å². The van der Waals surface area contributed by atoms with E-state index in [0.29, 0.717) is 23.6 Å². The van der Waals surface area contributed by atoms with Crippen molar-refractivity contribution in [3.8, 4) is 5.75 Å². The van der Waals surface area contributed by atoms with Gasteiger partial charge in [-0.3, -0.25) is 19.5 Å². The molecule has 1 amide bonds. The predicted molar refractivity (Wildman–Crippen MR) is 129 cm³/mol. The Hall–Kier alpha value is -4.02. The lowest BCUT2D eigenvalue weighted by atomic mass is 9.97. The molecule has 1 atom stereocenters. The number of carbonyl (C=O) groups excluding carboxylic acids is 2. The highest BCUT2D eigenvalue weighted by Gasteiger charge is 2.47. The highest BCUT2D eigenvalue weighted by molar-refractivity contribution is 7.89. The first-order valence-corrected chi connectivity index (χ1v) is 12.3. The number of rotatable bonds is 6. The number of hydrogen-bond acceptors (Lipinski definition) is 7. The topological polar surface area (TPSA) is 140 Å². The summed E-state index contributed by atoms with van der Waals surface area (Å²) in [6.07, 6.45) is 1.51. The fraction of sp³-hybridized carbons (Fsp3) is 0.160. The number of amides is 1. The van der Waals surface area contributed by atoms with E-state index >= 15 is 0 Å². The van der Waals surface area contributed by atoms with Gasteiger partial charge in [-0.1, -0.05) is 6.07 Å². The number of Topliss-reactive ketones (excluding diaryl/α,β-unsaturated/α-hetero) is 1. The summed E-state index contributed by atoms with van der Waals surface area (Å²) < 4.78 is 28.8. The second kappa shape index (κ2) is 9.32. The Morgan fingerprint density at radius 2 is 1.83 bits per heavy atom. The Balaban J connectivity index is 1.88. The van der Waals surface area contributed by atoms with E-state index in [4.69, 9.17) is 9.88 Å². The molecule has 0 bridgehead atoms. The van der Waals surface area contributed by atoms with Crippen LogP contribution in [0.5, 0.6) is 5.75 Å². The number of aromatic nitrogens is 1. The first kappa shape index (κ1) is 24.1. The summed E-state index contributed by atoms with van der Waals surface area (Å²) in [4.78, 5) is 31.7. The van der Waals surface area contributed by atoms with E-state index in [9.17, 15) is 23.1 Å². The molecule has 2 heterocycles. The van der Waals surface area contributed by atoms with Crippen LogP contribution in [0.2, 0.25) is 0 Å². The van der Waals surface area contributed by atoms with Crippen LogP contribution in [0.4, 0.5) is 5.69 Å². The summed E-state index contributed by atoms with van der Waals surface area (Å²) in [6, 6.07) is 14.2. The molecule has 180 valence electrons. The lowest BCUT2D eigenvalue weighted by Gasteiger charge is -2.24. The Morgan fingerprint density at radius 3 is 2.40 bits per heavy atom. The van der Waals surface area contributed by atoms with Gasteiger partial charge >= 0.3 is 0 Å². The third-order valence-corrected chi connectivity index (χ3v) is 6.53. The minimum Gasteiger partial charge on any atom is -0.507 e. The zero-order valence-electron chi connectivity index (χ0n) is 19.0. The molecule has 3 N–H and O–H groups in total. The molecular formula is C25H23N3O6S. The molecule has 1 fully saturated rings. The molecule has 0 spiro atoms. The van der Waals surface area contributed by atoms with Gasteiger partial charge in [0.1, 0.15) is 17.6 Å². The number of sulfonamides is 1. The number of aliphatic hydroxyl groups is 1. The van der Waals surface area contributed by atoms with Crippen LogP contribution < -0.4 is 14.8 Å². The van der Waals surface area contributed by atoms with Crippen LogP contribution in [-0.2, 0) is 19.6 Å². The van der Waals surface area contributed by atoms with E-state index in [1.165, 1.54) is 35.4 Å². The Morgan fingerprint density at radius 1 is 1.11 bits per heavy atom. The van der Waals surface area contributed by atoms with E-state index in [2.05, 4.69) is 4.98 Å². The molecular weight excluding hydrogens is 470 g/mol. The molecule has 2 aromatic carbocycles. The molecule has 0 aliphatic carbocycles. The Labute approximate surface area is 202 Å². The number of pyridine rings is 1. The van der Waals surface area contributed by atoms with Crippen molar-refractivity contribution in [3.05, 3.63) is 89.3 Å². The number of ether oxygens (including phenoxy) is 1. The average Bonchev–Trinajstić information content (AvgIpc) is 3.10. The Kier molecular flexibility index (Phi) is 6.42. The van der Waals surface area contributed by atoms with E-state index in [1.807, 2.05) is 13.8 Å². The van der Waals surface area contributed by atoms with Crippen molar-refractivity contribution in [2.45, 2.75) is 24.8 Å². The van der Waals surface area contributed by atoms with Crippen LogP contribution >= 0.6 is 0 Å². The predicted octanol–water partition coefficient (Wildman–Crippen LogP) is 3.06. The maximum absolute atomic E-state index is 13.2. The summed E-state index contributed by atoms with van der Waals surface area (Å²) in [5.74, 6) is -1.48. The van der Waals surface area contributed by atoms with Crippen LogP contribution in [0.25, 0.3) is 5.76 Å². The molecule has 1 aliphatic rings. The van der Waals surface area contributed by atoms with Gasteiger partial charge in [0, 0.05) is 17.4 Å². The van der Waals surface area contributed by atoms with Gasteiger partial charge in [0.25, 0.3) is 11.7 Å². The zero-order valence-corrected chi connectivity index (χ0v) is 19.8. The minimum absolute atomic E-state index is 0.132. The van der Waals surface area contributed by atoms with Crippen molar-refractivity contribution < 1.29 is 27.9 Å². The van der Waals surface area contributed by atoms with Gasteiger partial charge in [0.05, 0.1) is 22.8 Å². The molecule has 1 aromatic heterocycles. The number of benzene rings is 2. The molecule has 0 saturated carbocycles. The molecule has 4 rings (SSSR count). The second-order valence-electron chi connectivity index (χ2n) is 7.88. The van der Waals surface area contributed by atoms with Gasteiger partial charge < -0.3 is 9.84 Å². The van der Waals surface area contributed by atoms with Crippen LogP contribution in [0, 0.1) is 6.92 Å². The lowest BCUT2D eigenvalue weighted by Crippen LogP contribution is -2.29. The standard InChI is InChI=1S/C25H23N3O6S/c1-3-34-20-12-7-16(14-15(20)2)23(29)21-22(19-6-4-5-13-27-19)28(25(31)24(21)30)17-8-10-18(11-9-17)35(26,32)33/h4-14,22,29H,3H2,1-2H3,(H2,26,32,33)/b23-21+. The van der Waals surface area contributed by atoms with Crippen molar-refractivity contribution in [3.63, 3.8) is 0 Å². The van der Waals surface area contributed by atoms with Gasteiger partial charge in [-0.05, 0) is 74.0 Å². The smallest absolute Gasteiger partial charge is 0.300 e. The van der Waals surface area contributed by atoms with E-state index in [-0.39, 0.29) is 21.9 Å². The molecule has 1 unspecified atom stereocenters. The van der Waals surface area contributed by atoms with Gasteiger partial charge in [-0.25, -0.2) is 13.6 Å². The van der Waals surface area contributed by atoms with Gasteiger partial charge in [0.2, 0.25) is 10.0 Å². The third-order valence-electron chi connectivity index (χ3n) is 5.60. The summed E-state index contributed by atoms with van der Waals surface area (Å²) >= 11 is 0. The van der Waals surface area contributed by atoms with Crippen LogP contribution in [0.1, 0.15) is 29.8 Å². The number of ketones is 1.